The Morgan fingerprint density at radius 2 is 1.85 bits per heavy atom. The summed E-state index contributed by atoms with van der Waals surface area (Å²) in [6.45, 7) is 1.78. The van der Waals surface area contributed by atoms with E-state index in [-0.39, 0.29) is 27.7 Å². The first-order valence-electron chi connectivity index (χ1n) is 5.86. The van der Waals surface area contributed by atoms with Crippen LogP contribution in [0.15, 0.2) is 36.4 Å². The van der Waals surface area contributed by atoms with Gasteiger partial charge in [0.15, 0.2) is 0 Å². The maximum absolute atomic E-state index is 12.8. The van der Waals surface area contributed by atoms with Gasteiger partial charge in [-0.25, -0.2) is 9.37 Å². The molecule has 6 heteroatoms. The molecule has 0 bridgehead atoms. The van der Waals surface area contributed by atoms with Gasteiger partial charge in [-0.1, -0.05) is 35.3 Å². The molecule has 0 saturated heterocycles. The van der Waals surface area contributed by atoms with E-state index in [4.69, 9.17) is 23.2 Å². The summed E-state index contributed by atoms with van der Waals surface area (Å²) in [5.74, 6) is -0.763. The van der Waals surface area contributed by atoms with E-state index in [9.17, 15) is 9.18 Å². The molecule has 2 rings (SSSR count). The lowest BCUT2D eigenvalue weighted by atomic mass is 10.1. The molecular weight excluding hydrogens is 302 g/mol. The molecule has 0 aliphatic heterocycles. The van der Waals surface area contributed by atoms with Crippen molar-refractivity contribution in [2.75, 3.05) is 0 Å². The van der Waals surface area contributed by atoms with Gasteiger partial charge < -0.3 is 5.32 Å². The zero-order valence-electron chi connectivity index (χ0n) is 10.5. The molecule has 2 aromatic rings. The van der Waals surface area contributed by atoms with Crippen LogP contribution < -0.4 is 5.32 Å². The monoisotopic (exact) mass is 312 g/mol. The lowest BCUT2D eigenvalue weighted by molar-refractivity contribution is 0.0935. The number of carbonyl (C=O) groups is 1. The highest BCUT2D eigenvalue weighted by atomic mass is 35.5. The Morgan fingerprint density at radius 1 is 1.20 bits per heavy atom. The minimum atomic E-state index is -0.436. The van der Waals surface area contributed by atoms with E-state index in [1.165, 1.54) is 24.3 Å². The molecule has 3 nitrogen and oxygen atoms in total. The first kappa shape index (κ1) is 14.8. The third-order valence-electron chi connectivity index (χ3n) is 2.74. The SMILES string of the molecule is CC(NC(=O)c1nc(Cl)ccc1Cl)c1ccc(F)cc1. The van der Waals surface area contributed by atoms with E-state index in [0.717, 1.165) is 5.56 Å². The molecule has 0 saturated carbocycles. The van der Waals surface area contributed by atoms with Crippen LogP contribution in [0.5, 0.6) is 0 Å². The number of halogens is 3. The van der Waals surface area contributed by atoms with Crippen LogP contribution in [0.2, 0.25) is 10.2 Å². The molecule has 20 heavy (non-hydrogen) atoms. The molecule has 1 aromatic heterocycles. The Hall–Kier alpha value is -1.65. The van der Waals surface area contributed by atoms with Crippen LogP contribution in [-0.2, 0) is 0 Å². The van der Waals surface area contributed by atoms with Gasteiger partial charge in [0.25, 0.3) is 5.91 Å². The van der Waals surface area contributed by atoms with Crippen LogP contribution in [0.4, 0.5) is 4.39 Å². The number of pyridine rings is 1. The van der Waals surface area contributed by atoms with Gasteiger partial charge in [-0.05, 0) is 36.8 Å². The van der Waals surface area contributed by atoms with Crippen molar-refractivity contribution in [3.8, 4) is 0 Å². The van der Waals surface area contributed by atoms with Crippen LogP contribution in [0.3, 0.4) is 0 Å². The minimum Gasteiger partial charge on any atom is -0.344 e. The lowest BCUT2D eigenvalue weighted by Gasteiger charge is -2.14. The Morgan fingerprint density at radius 3 is 2.50 bits per heavy atom. The number of amides is 1. The second-order valence-corrected chi connectivity index (χ2v) is 5.01. The van der Waals surface area contributed by atoms with E-state index in [1.807, 2.05) is 0 Å². The maximum atomic E-state index is 12.8. The van der Waals surface area contributed by atoms with Crippen molar-refractivity contribution in [1.29, 1.82) is 0 Å². The van der Waals surface area contributed by atoms with Gasteiger partial charge in [-0.15, -0.1) is 0 Å². The molecule has 1 atom stereocenters. The zero-order chi connectivity index (χ0) is 14.7. The topological polar surface area (TPSA) is 42.0 Å². The summed E-state index contributed by atoms with van der Waals surface area (Å²) in [7, 11) is 0. The normalized spacial score (nSPS) is 12.0. The first-order chi connectivity index (χ1) is 9.47. The van der Waals surface area contributed by atoms with Crippen LogP contribution >= 0.6 is 23.2 Å². The number of hydrogen-bond acceptors (Lipinski definition) is 2. The van der Waals surface area contributed by atoms with E-state index in [1.54, 1.807) is 19.1 Å². The Balaban J connectivity index is 2.15. The molecule has 104 valence electrons. The fourth-order valence-corrected chi connectivity index (χ4v) is 2.02. The number of nitrogens with zero attached hydrogens (tertiary/aromatic N) is 1. The highest BCUT2D eigenvalue weighted by molar-refractivity contribution is 6.34. The Bertz CT molecular complexity index is 632. The molecule has 0 aliphatic carbocycles. The van der Waals surface area contributed by atoms with Gasteiger partial charge in [0.05, 0.1) is 11.1 Å². The second-order valence-electron chi connectivity index (χ2n) is 4.21. The molecule has 1 N–H and O–H groups in total. The molecule has 1 heterocycles. The summed E-state index contributed by atoms with van der Waals surface area (Å²) in [4.78, 5) is 16.0. The summed E-state index contributed by atoms with van der Waals surface area (Å²) in [6, 6.07) is 8.59. The summed E-state index contributed by atoms with van der Waals surface area (Å²) in [5, 5.41) is 3.14. The van der Waals surface area contributed by atoms with Gasteiger partial charge >= 0.3 is 0 Å². The first-order valence-corrected chi connectivity index (χ1v) is 6.61. The van der Waals surface area contributed by atoms with Gasteiger partial charge in [0, 0.05) is 0 Å². The highest BCUT2D eigenvalue weighted by Gasteiger charge is 2.16. The number of hydrogen-bond donors (Lipinski definition) is 1. The second kappa shape index (κ2) is 6.20. The summed E-state index contributed by atoms with van der Waals surface area (Å²) >= 11 is 11.7. The maximum Gasteiger partial charge on any atom is 0.271 e. The van der Waals surface area contributed by atoms with E-state index in [2.05, 4.69) is 10.3 Å². The van der Waals surface area contributed by atoms with E-state index < -0.39 is 5.91 Å². The predicted molar refractivity (Wildman–Crippen MR) is 76.5 cm³/mol. The molecule has 1 amide bonds. The van der Waals surface area contributed by atoms with Crippen LogP contribution in [-0.4, -0.2) is 10.9 Å². The standard InChI is InChI=1S/C14H11Cl2FN2O/c1-8(9-2-4-10(17)5-3-9)18-14(20)13-11(15)6-7-12(16)19-13/h2-8H,1H3,(H,18,20). The van der Waals surface area contributed by atoms with Gasteiger partial charge in [-0.2, -0.15) is 0 Å². The zero-order valence-corrected chi connectivity index (χ0v) is 12.0. The molecule has 0 spiro atoms. The van der Waals surface area contributed by atoms with Crippen molar-refractivity contribution in [1.82, 2.24) is 10.3 Å². The Kier molecular flexibility index (Phi) is 4.57. The highest BCUT2D eigenvalue weighted by Crippen LogP contribution is 2.19. The van der Waals surface area contributed by atoms with Crippen molar-refractivity contribution in [2.45, 2.75) is 13.0 Å². The average molecular weight is 313 g/mol. The number of benzene rings is 1. The van der Waals surface area contributed by atoms with Crippen molar-refractivity contribution >= 4 is 29.1 Å². The fraction of sp³-hybridized carbons (Fsp3) is 0.143. The molecule has 0 radical (unpaired) electrons. The molecular formula is C14H11Cl2FN2O. The number of nitrogens with one attached hydrogen (secondary N) is 1. The summed E-state index contributed by atoms with van der Waals surface area (Å²) in [5.41, 5.74) is 0.839. The molecule has 0 aliphatic rings. The van der Waals surface area contributed by atoms with Gasteiger partial charge in [0.2, 0.25) is 0 Å². The number of aromatic nitrogens is 1. The molecule has 1 unspecified atom stereocenters. The van der Waals surface area contributed by atoms with Crippen LogP contribution in [0, 0.1) is 5.82 Å². The molecule has 1 aromatic carbocycles. The van der Waals surface area contributed by atoms with Gasteiger partial charge in [0.1, 0.15) is 16.7 Å². The largest absolute Gasteiger partial charge is 0.344 e. The smallest absolute Gasteiger partial charge is 0.271 e. The fourth-order valence-electron chi connectivity index (χ4n) is 1.68. The third kappa shape index (κ3) is 3.46. The van der Waals surface area contributed by atoms with E-state index >= 15 is 0 Å². The summed E-state index contributed by atoms with van der Waals surface area (Å²) in [6.07, 6.45) is 0. The number of rotatable bonds is 3. The number of carbonyl (C=O) groups excluding carboxylic acids is 1. The van der Waals surface area contributed by atoms with Crippen LogP contribution in [0.1, 0.15) is 29.0 Å². The van der Waals surface area contributed by atoms with Crippen molar-refractivity contribution in [3.63, 3.8) is 0 Å². The molecule has 0 fully saturated rings. The van der Waals surface area contributed by atoms with Crippen molar-refractivity contribution < 1.29 is 9.18 Å². The van der Waals surface area contributed by atoms with E-state index in [0.29, 0.717) is 0 Å². The average Bonchev–Trinajstić information content (AvgIpc) is 2.42. The Labute approximate surface area is 125 Å². The quantitative estimate of drug-likeness (QED) is 0.870. The third-order valence-corrected chi connectivity index (χ3v) is 3.26. The predicted octanol–water partition coefficient (Wildman–Crippen LogP) is 4.02. The lowest BCUT2D eigenvalue weighted by Crippen LogP contribution is -2.27. The van der Waals surface area contributed by atoms with Crippen molar-refractivity contribution in [3.05, 3.63) is 63.6 Å². The van der Waals surface area contributed by atoms with Crippen LogP contribution in [0.25, 0.3) is 0 Å². The van der Waals surface area contributed by atoms with Crippen molar-refractivity contribution in [2.24, 2.45) is 0 Å². The minimum absolute atomic E-state index is 0.0631. The van der Waals surface area contributed by atoms with Gasteiger partial charge in [-0.3, -0.25) is 4.79 Å². The summed E-state index contributed by atoms with van der Waals surface area (Å²) < 4.78 is 12.8.